The van der Waals surface area contributed by atoms with Gasteiger partial charge < -0.3 is 0 Å². The highest BCUT2D eigenvalue weighted by atomic mass is 14.4. The lowest BCUT2D eigenvalue weighted by Crippen LogP contribution is -2.15. The maximum Gasteiger partial charge on any atom is 0.0159 e. The van der Waals surface area contributed by atoms with E-state index in [9.17, 15) is 0 Å². The average Bonchev–Trinajstić information content (AvgIpc) is 3.76. The number of fused-ring (bicyclic) bond motifs is 8. The van der Waals surface area contributed by atoms with Gasteiger partial charge in [-0.1, -0.05) is 210 Å². The Morgan fingerprint density at radius 2 is 0.441 bits per heavy atom. The van der Waals surface area contributed by atoms with Gasteiger partial charge in [-0.3, -0.25) is 0 Å². The lowest BCUT2D eigenvalue weighted by molar-refractivity contribution is 0.660. The Balaban J connectivity index is 0.753. The smallest absolute Gasteiger partial charge is 0.0159 e. The maximum atomic E-state index is 2.44. The molecule has 0 nitrogen and oxygen atoms in total. The van der Waals surface area contributed by atoms with Gasteiger partial charge >= 0.3 is 0 Å². The van der Waals surface area contributed by atoms with Gasteiger partial charge in [-0.2, -0.15) is 0 Å². The Bertz CT molecular complexity index is 3590. The van der Waals surface area contributed by atoms with Crippen LogP contribution in [0.15, 0.2) is 231 Å². The summed E-state index contributed by atoms with van der Waals surface area (Å²) in [7, 11) is 0. The Morgan fingerprint density at radius 3 is 0.779 bits per heavy atom. The highest BCUT2D eigenvalue weighted by Crippen LogP contribution is 2.52. The first-order valence-corrected chi connectivity index (χ1v) is 24.0. The van der Waals surface area contributed by atoms with Crippen molar-refractivity contribution in [2.75, 3.05) is 0 Å². The van der Waals surface area contributed by atoms with Crippen molar-refractivity contribution in [3.05, 3.63) is 253 Å². The zero-order valence-electron chi connectivity index (χ0n) is 38.9. The largest absolute Gasteiger partial charge is 0.0616 e. The summed E-state index contributed by atoms with van der Waals surface area (Å²) in [6, 6.07) is 86.3. The molecule has 11 aromatic rings. The van der Waals surface area contributed by atoms with Crippen LogP contribution in [0.25, 0.3) is 111 Å². The highest BCUT2D eigenvalue weighted by Gasteiger charge is 2.37. The van der Waals surface area contributed by atoms with Crippen molar-refractivity contribution in [2.45, 2.75) is 38.5 Å². The molecule has 0 N–H and O–H groups in total. The molecular weight excluding hydrogens is 817 g/mol. The average molecular weight is 867 g/mol. The fourth-order valence-electron chi connectivity index (χ4n) is 11.5. The van der Waals surface area contributed by atoms with Gasteiger partial charge in [-0.15, -0.1) is 0 Å². The second-order valence-electron chi connectivity index (χ2n) is 20.2. The molecule has 0 bridgehead atoms. The first-order chi connectivity index (χ1) is 33.2. The van der Waals surface area contributed by atoms with Crippen LogP contribution in [0.5, 0.6) is 0 Å². The minimum atomic E-state index is -0.135. The van der Waals surface area contributed by atoms with Crippen LogP contribution in [0.2, 0.25) is 0 Å². The van der Waals surface area contributed by atoms with Gasteiger partial charge in [0.05, 0.1) is 0 Å². The van der Waals surface area contributed by atoms with E-state index in [1.165, 1.54) is 133 Å². The Morgan fingerprint density at radius 1 is 0.191 bits per heavy atom. The summed E-state index contributed by atoms with van der Waals surface area (Å²) in [4.78, 5) is 0. The molecule has 0 saturated heterocycles. The summed E-state index contributed by atoms with van der Waals surface area (Å²) in [6.45, 7) is 9.55. The lowest BCUT2D eigenvalue weighted by Gasteiger charge is -2.23. The van der Waals surface area contributed by atoms with Crippen molar-refractivity contribution >= 4 is 21.5 Å². The van der Waals surface area contributed by atoms with Crippen molar-refractivity contribution in [2.24, 2.45) is 0 Å². The topological polar surface area (TPSA) is 0 Å². The van der Waals surface area contributed by atoms with E-state index >= 15 is 0 Å². The first-order valence-electron chi connectivity index (χ1n) is 24.0. The van der Waals surface area contributed by atoms with E-state index in [0.717, 1.165) is 0 Å². The normalized spacial score (nSPS) is 13.8. The first kappa shape index (κ1) is 40.2. The quantitative estimate of drug-likeness (QED) is 0.156. The van der Waals surface area contributed by atoms with Gasteiger partial charge in [0.1, 0.15) is 0 Å². The zero-order valence-corrected chi connectivity index (χ0v) is 38.9. The summed E-state index contributed by atoms with van der Waals surface area (Å²) >= 11 is 0. The van der Waals surface area contributed by atoms with Crippen molar-refractivity contribution in [3.8, 4) is 89.0 Å². The predicted octanol–water partition coefficient (Wildman–Crippen LogP) is 18.6. The summed E-state index contributed by atoms with van der Waals surface area (Å²) in [5, 5.41) is 5.07. The van der Waals surface area contributed by atoms with Crippen molar-refractivity contribution < 1.29 is 0 Å². The molecule has 13 rings (SSSR count). The summed E-state index contributed by atoms with van der Waals surface area (Å²) < 4.78 is 0. The number of hydrogen-bond acceptors (Lipinski definition) is 0. The predicted molar refractivity (Wildman–Crippen MR) is 289 cm³/mol. The molecule has 0 unspecified atom stereocenters. The van der Waals surface area contributed by atoms with E-state index in [0.29, 0.717) is 0 Å². The molecule has 0 aliphatic heterocycles. The zero-order chi connectivity index (χ0) is 45.7. The second kappa shape index (κ2) is 15.2. The van der Waals surface area contributed by atoms with Gasteiger partial charge in [0.2, 0.25) is 0 Å². The third-order valence-corrected chi connectivity index (χ3v) is 15.5. The van der Waals surface area contributed by atoms with E-state index in [-0.39, 0.29) is 10.8 Å². The van der Waals surface area contributed by atoms with Crippen LogP contribution in [-0.2, 0) is 10.8 Å². The van der Waals surface area contributed by atoms with E-state index in [2.05, 4.69) is 258 Å². The molecule has 2 aliphatic carbocycles. The summed E-state index contributed by atoms with van der Waals surface area (Å²) in [5.74, 6) is 0. The van der Waals surface area contributed by atoms with Crippen LogP contribution < -0.4 is 0 Å². The monoisotopic (exact) mass is 866 g/mol. The van der Waals surface area contributed by atoms with Crippen LogP contribution in [0, 0.1) is 0 Å². The molecule has 0 aromatic heterocycles. The molecule has 68 heavy (non-hydrogen) atoms. The molecule has 2 aliphatic rings. The Hall–Kier alpha value is -8.06. The SMILES string of the molecule is CC1(C)c2cc(-c3ccc(-c4ccc5c(c4)C(C)(C)c4cc(-c6cccc(-c7ccc8ccccc8c7)c6)ccc4-5)cc3)ccc2-c2ccc(-c3cccc(-c4ccc5ccccc5c4)c3)cc21. The van der Waals surface area contributed by atoms with Gasteiger partial charge in [0, 0.05) is 10.8 Å². The van der Waals surface area contributed by atoms with E-state index in [4.69, 9.17) is 0 Å². The third-order valence-electron chi connectivity index (χ3n) is 15.5. The third kappa shape index (κ3) is 6.50. The molecule has 322 valence electrons. The van der Waals surface area contributed by atoms with Crippen molar-refractivity contribution in [3.63, 3.8) is 0 Å². The lowest BCUT2D eigenvalue weighted by atomic mass is 9.80. The number of benzene rings is 11. The molecule has 11 aromatic carbocycles. The second-order valence-corrected chi connectivity index (χ2v) is 20.2. The highest BCUT2D eigenvalue weighted by molar-refractivity contribution is 5.92. The standard InChI is InChI=1S/C68H50/c1-67(2)63-39-55(27-31-59(63)61-33-29-57(41-65(61)67)51-17-9-15-49(37-51)53-25-23-43-11-5-7-13-47(43)35-53)45-19-21-46(22-20-45)56-28-32-60-62-34-30-58(42-66(62)68(3,4)64(60)40-56)52-18-10-16-50(38-52)54-26-24-44-12-6-8-14-48(44)36-54/h5-42H,1-4H3. The van der Waals surface area contributed by atoms with Crippen LogP contribution in [-0.4, -0.2) is 0 Å². The van der Waals surface area contributed by atoms with Gasteiger partial charge in [-0.05, 0) is 181 Å². The number of rotatable bonds is 6. The van der Waals surface area contributed by atoms with Gasteiger partial charge in [-0.25, -0.2) is 0 Å². The van der Waals surface area contributed by atoms with Crippen molar-refractivity contribution in [1.29, 1.82) is 0 Å². The van der Waals surface area contributed by atoms with Gasteiger partial charge in [0.25, 0.3) is 0 Å². The van der Waals surface area contributed by atoms with E-state index in [1.54, 1.807) is 0 Å². The molecule has 0 spiro atoms. The van der Waals surface area contributed by atoms with Crippen LogP contribution in [0.1, 0.15) is 49.9 Å². The maximum absolute atomic E-state index is 2.44. The molecule has 0 amide bonds. The molecule has 0 atom stereocenters. The molecule has 0 heterocycles. The van der Waals surface area contributed by atoms with Crippen LogP contribution in [0.3, 0.4) is 0 Å². The fraction of sp³-hybridized carbons (Fsp3) is 0.0882. The Kier molecular flexibility index (Phi) is 9.02. The number of hydrogen-bond donors (Lipinski definition) is 0. The van der Waals surface area contributed by atoms with Gasteiger partial charge in [0.15, 0.2) is 0 Å². The molecule has 0 saturated carbocycles. The molecule has 0 heteroatoms. The fourth-order valence-corrected chi connectivity index (χ4v) is 11.5. The molecular formula is C68H50. The minimum Gasteiger partial charge on any atom is -0.0616 e. The van der Waals surface area contributed by atoms with Crippen LogP contribution in [0.4, 0.5) is 0 Å². The van der Waals surface area contributed by atoms with Crippen LogP contribution >= 0.6 is 0 Å². The molecule has 0 fully saturated rings. The molecule has 0 radical (unpaired) electrons. The summed E-state index contributed by atoms with van der Waals surface area (Å²) in [6.07, 6.45) is 0. The van der Waals surface area contributed by atoms with Crippen molar-refractivity contribution in [1.82, 2.24) is 0 Å². The Labute approximate surface area is 399 Å². The van der Waals surface area contributed by atoms with E-state index < -0.39 is 0 Å². The van der Waals surface area contributed by atoms with E-state index in [1.807, 2.05) is 0 Å². The summed E-state index contributed by atoms with van der Waals surface area (Å²) in [5.41, 5.74) is 25.6. The minimum absolute atomic E-state index is 0.135.